The first-order valence-electron chi connectivity index (χ1n) is 10.1. The minimum Gasteiger partial charge on any atom is -0.355 e. The van der Waals surface area contributed by atoms with Crippen LogP contribution in [-0.4, -0.2) is 38.7 Å². The molecule has 146 valence electrons. The van der Waals surface area contributed by atoms with Crippen molar-refractivity contribution in [2.75, 3.05) is 18.4 Å². The Balaban J connectivity index is 1.40. The molecular formula is C22H26N4S2. The van der Waals surface area contributed by atoms with E-state index in [4.69, 9.17) is 4.98 Å². The number of pyridine rings is 1. The third kappa shape index (κ3) is 3.02. The number of hydrogen-bond acceptors (Lipinski definition) is 6. The molecule has 0 radical (unpaired) electrons. The molecule has 4 nitrogen and oxygen atoms in total. The van der Waals surface area contributed by atoms with Gasteiger partial charge in [-0.3, -0.25) is 4.90 Å². The number of rotatable bonds is 4. The second-order valence-corrected chi connectivity index (χ2v) is 10.4. The summed E-state index contributed by atoms with van der Waals surface area (Å²) in [4.78, 5) is 11.8. The second-order valence-electron chi connectivity index (χ2n) is 8.29. The Hall–Kier alpha value is -1.63. The lowest BCUT2D eigenvalue weighted by Gasteiger charge is -2.37. The number of thioether (sulfide) groups is 1. The van der Waals surface area contributed by atoms with E-state index in [1.807, 2.05) is 23.5 Å². The Labute approximate surface area is 174 Å². The minimum absolute atomic E-state index is 0.262. The lowest BCUT2D eigenvalue weighted by molar-refractivity contribution is 0.144. The molecule has 2 aliphatic heterocycles. The highest BCUT2D eigenvalue weighted by atomic mass is 32.2. The van der Waals surface area contributed by atoms with Crippen LogP contribution in [0.5, 0.6) is 0 Å². The molecule has 1 fully saturated rings. The highest BCUT2D eigenvalue weighted by Crippen LogP contribution is 2.49. The molecule has 2 atom stereocenters. The first-order chi connectivity index (χ1) is 13.6. The van der Waals surface area contributed by atoms with Crippen LogP contribution in [0.4, 0.5) is 11.4 Å². The van der Waals surface area contributed by atoms with E-state index in [1.165, 1.54) is 33.9 Å². The summed E-state index contributed by atoms with van der Waals surface area (Å²) in [5.41, 5.74) is 6.89. The Morgan fingerprint density at radius 2 is 2.14 bits per heavy atom. The van der Waals surface area contributed by atoms with Crippen LogP contribution in [0, 0.1) is 5.92 Å². The third-order valence-corrected chi connectivity index (χ3v) is 8.74. The highest BCUT2D eigenvalue weighted by molar-refractivity contribution is 8.00. The monoisotopic (exact) mass is 410 g/mol. The summed E-state index contributed by atoms with van der Waals surface area (Å²) in [5, 5.41) is 5.45. The standard InChI is InChI=1S/C22H26N4S2/c1-4-26-10-8-16(22(26,2)3)20-12-15-17(7-9-23-21(15)28-20)25-14-5-6-19-18(11-14)24-13-27-19/h5-7,9,11,13,16,20H,4,8,10,12H2,1-3H3,(H,23,25)/t16-,20?/m0/s1. The summed E-state index contributed by atoms with van der Waals surface area (Å²) in [5.74, 6) is 0.700. The van der Waals surface area contributed by atoms with Crippen molar-refractivity contribution in [3.8, 4) is 0 Å². The molecule has 5 rings (SSSR count). The van der Waals surface area contributed by atoms with Gasteiger partial charge in [0.05, 0.1) is 15.7 Å². The molecule has 1 saturated heterocycles. The van der Waals surface area contributed by atoms with Crippen LogP contribution in [-0.2, 0) is 6.42 Å². The largest absolute Gasteiger partial charge is 0.355 e. The third-order valence-electron chi connectivity index (χ3n) is 6.56. The van der Waals surface area contributed by atoms with Crippen molar-refractivity contribution < 1.29 is 0 Å². The molecule has 0 bridgehead atoms. The van der Waals surface area contributed by atoms with Crippen LogP contribution in [0.15, 0.2) is 41.0 Å². The zero-order valence-electron chi connectivity index (χ0n) is 16.6. The predicted molar refractivity (Wildman–Crippen MR) is 120 cm³/mol. The first kappa shape index (κ1) is 18.4. The van der Waals surface area contributed by atoms with Crippen LogP contribution in [0.25, 0.3) is 10.2 Å². The van der Waals surface area contributed by atoms with Gasteiger partial charge in [0.15, 0.2) is 0 Å². The Bertz CT molecular complexity index is 1010. The lowest BCUT2D eigenvalue weighted by Crippen LogP contribution is -2.45. The average Bonchev–Trinajstić information content (AvgIpc) is 3.37. The second kappa shape index (κ2) is 7.01. The Morgan fingerprint density at radius 3 is 2.96 bits per heavy atom. The van der Waals surface area contributed by atoms with E-state index in [-0.39, 0.29) is 5.54 Å². The smallest absolute Gasteiger partial charge is 0.102 e. The molecule has 0 saturated carbocycles. The number of aromatic nitrogens is 2. The normalized spacial score (nSPS) is 24.0. The van der Waals surface area contributed by atoms with Gasteiger partial charge in [0, 0.05) is 33.9 Å². The van der Waals surface area contributed by atoms with Crippen LogP contribution in [0.3, 0.4) is 0 Å². The summed E-state index contributed by atoms with van der Waals surface area (Å²) in [6.45, 7) is 9.48. The number of nitrogens with one attached hydrogen (secondary N) is 1. The molecule has 1 N–H and O–H groups in total. The van der Waals surface area contributed by atoms with E-state index in [0.717, 1.165) is 24.2 Å². The summed E-state index contributed by atoms with van der Waals surface area (Å²) in [6, 6.07) is 8.55. The molecule has 1 aromatic carbocycles. The number of anilines is 2. The van der Waals surface area contributed by atoms with Gasteiger partial charge >= 0.3 is 0 Å². The fourth-order valence-corrected chi connectivity index (χ4v) is 7.25. The van der Waals surface area contributed by atoms with Gasteiger partial charge in [-0.25, -0.2) is 9.97 Å². The van der Waals surface area contributed by atoms with Crippen LogP contribution >= 0.6 is 23.1 Å². The minimum atomic E-state index is 0.262. The van der Waals surface area contributed by atoms with Gasteiger partial charge in [0.25, 0.3) is 0 Å². The molecule has 28 heavy (non-hydrogen) atoms. The van der Waals surface area contributed by atoms with Crippen molar-refractivity contribution in [3.05, 3.63) is 41.5 Å². The number of fused-ring (bicyclic) bond motifs is 2. The van der Waals surface area contributed by atoms with E-state index in [1.54, 1.807) is 11.3 Å². The Morgan fingerprint density at radius 1 is 1.25 bits per heavy atom. The summed E-state index contributed by atoms with van der Waals surface area (Å²) < 4.78 is 1.23. The predicted octanol–water partition coefficient (Wildman–Crippen LogP) is 5.57. The van der Waals surface area contributed by atoms with E-state index >= 15 is 0 Å². The highest BCUT2D eigenvalue weighted by Gasteiger charge is 2.46. The maximum atomic E-state index is 4.71. The summed E-state index contributed by atoms with van der Waals surface area (Å²) in [6.07, 6.45) is 4.33. The van der Waals surface area contributed by atoms with Crippen molar-refractivity contribution in [3.63, 3.8) is 0 Å². The molecule has 3 aromatic rings. The summed E-state index contributed by atoms with van der Waals surface area (Å²) in [7, 11) is 0. The molecular weight excluding hydrogens is 384 g/mol. The Kier molecular flexibility index (Phi) is 4.61. The van der Waals surface area contributed by atoms with Gasteiger partial charge in [-0.2, -0.15) is 0 Å². The number of likely N-dealkylation sites (tertiary alicyclic amines) is 1. The van der Waals surface area contributed by atoms with Gasteiger partial charge in [-0.05, 0) is 70.0 Å². The SMILES string of the molecule is CCN1CC[C@@H](C2Cc3c(Nc4ccc5scnc5c4)ccnc3S2)C1(C)C. The molecule has 0 spiro atoms. The van der Waals surface area contributed by atoms with Crippen molar-refractivity contribution >= 4 is 44.7 Å². The van der Waals surface area contributed by atoms with Gasteiger partial charge < -0.3 is 5.32 Å². The van der Waals surface area contributed by atoms with E-state index in [0.29, 0.717) is 11.2 Å². The van der Waals surface area contributed by atoms with Crippen molar-refractivity contribution in [2.45, 2.75) is 49.4 Å². The van der Waals surface area contributed by atoms with Crippen molar-refractivity contribution in [2.24, 2.45) is 5.92 Å². The molecule has 4 heterocycles. The average molecular weight is 411 g/mol. The topological polar surface area (TPSA) is 41.0 Å². The van der Waals surface area contributed by atoms with Gasteiger partial charge in [0.2, 0.25) is 0 Å². The fourth-order valence-electron chi connectivity index (χ4n) is 4.97. The van der Waals surface area contributed by atoms with Crippen LogP contribution < -0.4 is 5.32 Å². The zero-order chi connectivity index (χ0) is 19.3. The van der Waals surface area contributed by atoms with Crippen LogP contribution in [0.1, 0.15) is 32.8 Å². The number of benzene rings is 1. The first-order valence-corrected chi connectivity index (χ1v) is 11.8. The molecule has 0 aliphatic carbocycles. The number of nitrogens with zero attached hydrogens (tertiary/aromatic N) is 3. The molecule has 6 heteroatoms. The fraction of sp³-hybridized carbons (Fsp3) is 0.455. The maximum Gasteiger partial charge on any atom is 0.102 e. The van der Waals surface area contributed by atoms with E-state index in [9.17, 15) is 0 Å². The van der Waals surface area contributed by atoms with Gasteiger partial charge in [-0.15, -0.1) is 23.1 Å². The molecule has 1 unspecified atom stereocenters. The quantitative estimate of drug-likeness (QED) is 0.609. The number of thiazole rings is 1. The van der Waals surface area contributed by atoms with E-state index in [2.05, 4.69) is 60.2 Å². The molecule has 2 aliphatic rings. The van der Waals surface area contributed by atoms with E-state index < -0.39 is 0 Å². The van der Waals surface area contributed by atoms with Gasteiger partial charge in [0.1, 0.15) is 5.03 Å². The van der Waals surface area contributed by atoms with Crippen molar-refractivity contribution in [1.82, 2.24) is 14.9 Å². The van der Waals surface area contributed by atoms with Crippen LogP contribution in [0.2, 0.25) is 0 Å². The maximum absolute atomic E-state index is 4.71. The molecule has 2 aromatic heterocycles. The number of hydrogen-bond donors (Lipinski definition) is 1. The van der Waals surface area contributed by atoms with Gasteiger partial charge in [-0.1, -0.05) is 6.92 Å². The lowest BCUT2D eigenvalue weighted by atomic mass is 9.83. The zero-order valence-corrected chi connectivity index (χ0v) is 18.2. The summed E-state index contributed by atoms with van der Waals surface area (Å²) >= 11 is 3.67. The van der Waals surface area contributed by atoms with Crippen molar-refractivity contribution in [1.29, 1.82) is 0 Å². The molecule has 0 amide bonds.